The first-order valence-corrected chi connectivity index (χ1v) is 4.01. The number of carboxylic acid groups (broad SMARTS) is 1. The molecule has 48 valence electrons. The smallest absolute Gasteiger partial charge is 0.317 e. The summed E-state index contributed by atoms with van der Waals surface area (Å²) in [5, 5.41) is 7.95. The Hall–Kier alpha value is 0.170. The predicted octanol–water partition coefficient (Wildman–Crippen LogP) is 0.732. The van der Waals surface area contributed by atoms with Crippen LogP contribution in [0.25, 0.3) is 0 Å². The van der Waals surface area contributed by atoms with Crippen LogP contribution in [0.3, 0.4) is 0 Å². The molecule has 0 heterocycles. The molecule has 1 atom stereocenters. The van der Waals surface area contributed by atoms with E-state index in [1.54, 1.807) is 6.26 Å². The first-order valence-electron chi connectivity index (χ1n) is 2.08. The number of carboxylic acids is 1. The van der Waals surface area contributed by atoms with E-state index in [0.717, 1.165) is 0 Å². The Morgan fingerprint density at radius 1 is 2.00 bits per heavy atom. The van der Waals surface area contributed by atoms with Crippen LogP contribution in [0.2, 0.25) is 0 Å². The van der Waals surface area contributed by atoms with Gasteiger partial charge in [-0.15, -0.1) is 11.8 Å². The second-order valence-corrected chi connectivity index (χ2v) is 2.65. The van der Waals surface area contributed by atoms with E-state index in [1.807, 2.05) is 0 Å². The quantitative estimate of drug-likeness (QED) is 0.585. The Morgan fingerprint density at radius 2 is 2.50 bits per heavy atom. The topological polar surface area (TPSA) is 37.3 Å². The van der Waals surface area contributed by atoms with E-state index in [2.05, 4.69) is 12.6 Å². The van der Waals surface area contributed by atoms with E-state index >= 15 is 0 Å². The summed E-state index contributed by atoms with van der Waals surface area (Å²) in [6.07, 6.45) is 1.76. The van der Waals surface area contributed by atoms with Crippen molar-refractivity contribution in [2.75, 3.05) is 12.0 Å². The van der Waals surface area contributed by atoms with Crippen LogP contribution in [-0.2, 0) is 4.79 Å². The van der Waals surface area contributed by atoms with Gasteiger partial charge in [0.15, 0.2) is 0 Å². The van der Waals surface area contributed by atoms with E-state index in [1.165, 1.54) is 11.8 Å². The number of aliphatic carboxylic acids is 1. The van der Waals surface area contributed by atoms with Gasteiger partial charge in [-0.05, 0) is 6.26 Å². The second-order valence-electron chi connectivity index (χ2n) is 1.25. The molecule has 0 aliphatic carbocycles. The minimum Gasteiger partial charge on any atom is -0.480 e. The number of carbonyl (C=O) groups is 1. The molecule has 1 unspecified atom stereocenters. The summed E-state index contributed by atoms with van der Waals surface area (Å²) in [7, 11) is 0. The van der Waals surface area contributed by atoms with Crippen LogP contribution >= 0.6 is 24.4 Å². The fourth-order valence-corrected chi connectivity index (χ4v) is 1.21. The zero-order valence-corrected chi connectivity index (χ0v) is 6.21. The van der Waals surface area contributed by atoms with Crippen molar-refractivity contribution in [3.05, 3.63) is 0 Å². The molecule has 2 nitrogen and oxygen atoms in total. The highest BCUT2D eigenvalue weighted by atomic mass is 32.2. The van der Waals surface area contributed by atoms with Gasteiger partial charge in [0.2, 0.25) is 0 Å². The second kappa shape index (κ2) is 4.09. The Bertz CT molecular complexity index is 80.1. The van der Waals surface area contributed by atoms with Crippen molar-refractivity contribution in [1.29, 1.82) is 0 Å². The Labute approximate surface area is 58.1 Å². The number of rotatable bonds is 3. The first kappa shape index (κ1) is 8.17. The highest BCUT2D eigenvalue weighted by molar-refractivity contribution is 8.00. The lowest BCUT2D eigenvalue weighted by molar-refractivity contribution is -0.135. The van der Waals surface area contributed by atoms with Crippen molar-refractivity contribution in [3.63, 3.8) is 0 Å². The largest absolute Gasteiger partial charge is 0.480 e. The molecule has 1 N–H and O–H groups in total. The minimum absolute atomic E-state index is 0.349. The maximum atomic E-state index is 10.1. The third-order valence-corrected chi connectivity index (χ3v) is 2.28. The van der Waals surface area contributed by atoms with Crippen LogP contribution in [0.4, 0.5) is 0 Å². The zero-order valence-electron chi connectivity index (χ0n) is 4.50. The van der Waals surface area contributed by atoms with Crippen LogP contribution in [-0.4, -0.2) is 28.3 Å². The number of thiol groups is 1. The van der Waals surface area contributed by atoms with E-state index < -0.39 is 5.97 Å². The van der Waals surface area contributed by atoms with Crippen molar-refractivity contribution in [1.82, 2.24) is 0 Å². The summed E-state index contributed by atoms with van der Waals surface area (Å²) >= 11 is 5.14. The van der Waals surface area contributed by atoms with E-state index in [4.69, 9.17) is 5.11 Å². The Kier molecular flexibility index (Phi) is 4.18. The van der Waals surface area contributed by atoms with E-state index in [0.29, 0.717) is 5.75 Å². The van der Waals surface area contributed by atoms with Gasteiger partial charge in [0, 0.05) is 5.75 Å². The fourth-order valence-electron chi connectivity index (χ4n) is 0.253. The van der Waals surface area contributed by atoms with Gasteiger partial charge in [-0.25, -0.2) is 0 Å². The molecule has 0 aromatic heterocycles. The van der Waals surface area contributed by atoms with Crippen LogP contribution in [0.5, 0.6) is 0 Å². The van der Waals surface area contributed by atoms with Gasteiger partial charge in [0.1, 0.15) is 5.25 Å². The molecule has 0 radical (unpaired) electrons. The summed E-state index contributed by atoms with van der Waals surface area (Å²) in [6, 6.07) is 0. The monoisotopic (exact) mass is 152 g/mol. The average molecular weight is 152 g/mol. The lowest BCUT2D eigenvalue weighted by Gasteiger charge is -2.01. The molecule has 0 aliphatic heterocycles. The van der Waals surface area contributed by atoms with Crippen LogP contribution in [0.15, 0.2) is 0 Å². The molecule has 0 aromatic rings. The molecule has 0 fully saturated rings. The van der Waals surface area contributed by atoms with Crippen molar-refractivity contribution in [2.24, 2.45) is 0 Å². The summed E-state index contributed by atoms with van der Waals surface area (Å²) in [5.74, 6) is -0.385. The molecular weight excluding hydrogens is 144 g/mol. The highest BCUT2D eigenvalue weighted by Crippen LogP contribution is 2.06. The Balaban J connectivity index is 3.52. The molecule has 0 saturated carbocycles. The first-order chi connectivity index (χ1) is 3.72. The number of hydrogen-bond acceptors (Lipinski definition) is 3. The highest BCUT2D eigenvalue weighted by Gasteiger charge is 2.11. The summed E-state index contributed by atoms with van der Waals surface area (Å²) in [5.41, 5.74) is 0. The predicted molar refractivity (Wildman–Crippen MR) is 38.8 cm³/mol. The summed E-state index contributed by atoms with van der Waals surface area (Å²) in [6.45, 7) is 0. The molecule has 0 bridgehead atoms. The molecule has 0 aliphatic rings. The maximum Gasteiger partial charge on any atom is 0.317 e. The van der Waals surface area contributed by atoms with Gasteiger partial charge in [-0.3, -0.25) is 4.79 Å². The molecule has 8 heavy (non-hydrogen) atoms. The van der Waals surface area contributed by atoms with Gasteiger partial charge in [0.25, 0.3) is 0 Å². The van der Waals surface area contributed by atoms with Crippen LogP contribution < -0.4 is 0 Å². The summed E-state index contributed by atoms with van der Waals surface area (Å²) < 4.78 is 0. The van der Waals surface area contributed by atoms with Crippen molar-refractivity contribution in [2.45, 2.75) is 5.25 Å². The van der Waals surface area contributed by atoms with Crippen LogP contribution in [0, 0.1) is 0 Å². The van der Waals surface area contributed by atoms with Crippen molar-refractivity contribution >= 4 is 30.4 Å². The number of hydrogen-bond donors (Lipinski definition) is 2. The molecule has 0 spiro atoms. The van der Waals surface area contributed by atoms with Gasteiger partial charge in [-0.1, -0.05) is 0 Å². The van der Waals surface area contributed by atoms with Gasteiger partial charge >= 0.3 is 5.97 Å². The third-order valence-electron chi connectivity index (χ3n) is 0.726. The minimum atomic E-state index is -0.785. The number of thioether (sulfide) groups is 1. The van der Waals surface area contributed by atoms with E-state index in [9.17, 15) is 4.79 Å². The van der Waals surface area contributed by atoms with Crippen molar-refractivity contribution < 1.29 is 9.90 Å². The molecule has 0 saturated heterocycles. The SMILES string of the molecule is CSC(CS)C(=O)O. The van der Waals surface area contributed by atoms with E-state index in [-0.39, 0.29) is 5.25 Å². The van der Waals surface area contributed by atoms with Crippen LogP contribution in [0.1, 0.15) is 0 Å². The lowest BCUT2D eigenvalue weighted by atomic mass is 10.5. The zero-order chi connectivity index (χ0) is 6.57. The third kappa shape index (κ3) is 2.47. The maximum absolute atomic E-state index is 10.1. The summed E-state index contributed by atoms with van der Waals surface area (Å²) in [4.78, 5) is 10.1. The standard InChI is InChI=1S/C4H8O2S2/c1-8-3(2-7)4(5)6/h3,7H,2H2,1H3,(H,5,6). The van der Waals surface area contributed by atoms with Gasteiger partial charge < -0.3 is 5.11 Å². The molecular formula is C4H8O2S2. The molecule has 0 amide bonds. The Morgan fingerprint density at radius 3 is 2.50 bits per heavy atom. The molecule has 0 rings (SSSR count). The normalized spacial score (nSPS) is 13.2. The fraction of sp³-hybridized carbons (Fsp3) is 0.750. The average Bonchev–Trinajstić information content (AvgIpc) is 1.69. The molecule has 4 heteroatoms. The lowest BCUT2D eigenvalue weighted by Crippen LogP contribution is -2.16. The molecule has 0 aromatic carbocycles. The van der Waals surface area contributed by atoms with Gasteiger partial charge in [-0.2, -0.15) is 12.6 Å². The van der Waals surface area contributed by atoms with Crippen molar-refractivity contribution in [3.8, 4) is 0 Å². The van der Waals surface area contributed by atoms with Gasteiger partial charge in [0.05, 0.1) is 0 Å².